The van der Waals surface area contributed by atoms with Gasteiger partial charge in [-0.15, -0.1) is 0 Å². The maximum Gasteiger partial charge on any atom is 0.00967 e. The Morgan fingerprint density at radius 2 is 1.78 bits per heavy atom. The molecule has 1 N–H and O–H groups in total. The fraction of sp³-hybridized carbons (Fsp3) is 0.647. The maximum atomic E-state index is 3.68. The SMILES string of the molecule is Cc1ccc(C(CNC(C)(C)C)C2CCC2)cc1. The molecule has 1 aliphatic carbocycles. The monoisotopic (exact) mass is 245 g/mol. The molecule has 0 spiro atoms. The average Bonchev–Trinajstić information content (AvgIpc) is 2.21. The van der Waals surface area contributed by atoms with Crippen molar-refractivity contribution in [3.63, 3.8) is 0 Å². The Kier molecular flexibility index (Phi) is 4.11. The van der Waals surface area contributed by atoms with Crippen LogP contribution >= 0.6 is 0 Å². The molecule has 2 rings (SSSR count). The van der Waals surface area contributed by atoms with E-state index in [0.717, 1.165) is 12.5 Å². The van der Waals surface area contributed by atoms with Crippen LogP contribution in [0.5, 0.6) is 0 Å². The molecular formula is C17H27N. The molecule has 100 valence electrons. The third kappa shape index (κ3) is 3.58. The van der Waals surface area contributed by atoms with E-state index in [-0.39, 0.29) is 5.54 Å². The summed E-state index contributed by atoms with van der Waals surface area (Å²) in [6, 6.07) is 9.14. The number of hydrogen-bond donors (Lipinski definition) is 1. The van der Waals surface area contributed by atoms with Gasteiger partial charge < -0.3 is 5.32 Å². The highest BCUT2D eigenvalue weighted by Crippen LogP contribution is 2.39. The molecule has 1 atom stereocenters. The lowest BCUT2D eigenvalue weighted by Gasteiger charge is -2.36. The zero-order valence-electron chi connectivity index (χ0n) is 12.3. The minimum absolute atomic E-state index is 0.215. The first-order valence-corrected chi connectivity index (χ1v) is 7.27. The Hall–Kier alpha value is -0.820. The van der Waals surface area contributed by atoms with E-state index in [1.807, 2.05) is 0 Å². The highest BCUT2D eigenvalue weighted by Gasteiger charge is 2.29. The van der Waals surface area contributed by atoms with E-state index in [2.05, 4.69) is 57.3 Å². The van der Waals surface area contributed by atoms with Crippen LogP contribution in [-0.4, -0.2) is 12.1 Å². The zero-order chi connectivity index (χ0) is 13.2. The van der Waals surface area contributed by atoms with E-state index in [4.69, 9.17) is 0 Å². The minimum atomic E-state index is 0.215. The number of hydrogen-bond acceptors (Lipinski definition) is 1. The number of nitrogens with one attached hydrogen (secondary N) is 1. The highest BCUT2D eigenvalue weighted by molar-refractivity contribution is 5.26. The van der Waals surface area contributed by atoms with Gasteiger partial charge in [0, 0.05) is 12.1 Å². The Balaban J connectivity index is 2.07. The molecule has 0 bridgehead atoms. The molecule has 1 nitrogen and oxygen atoms in total. The standard InChI is InChI=1S/C17H27N/c1-13-8-10-15(11-9-13)16(14-6-5-7-14)12-18-17(2,3)4/h8-11,14,16,18H,5-7,12H2,1-4H3. The number of benzene rings is 1. The molecule has 1 unspecified atom stereocenters. The van der Waals surface area contributed by atoms with Crippen LogP contribution in [0.15, 0.2) is 24.3 Å². The molecule has 1 saturated carbocycles. The van der Waals surface area contributed by atoms with Gasteiger partial charge in [0.05, 0.1) is 0 Å². The first kappa shape index (κ1) is 13.6. The van der Waals surface area contributed by atoms with Crippen LogP contribution in [0.4, 0.5) is 0 Å². The third-order valence-corrected chi connectivity index (χ3v) is 4.08. The van der Waals surface area contributed by atoms with Crippen molar-refractivity contribution in [1.82, 2.24) is 5.32 Å². The van der Waals surface area contributed by atoms with Crippen LogP contribution in [0, 0.1) is 12.8 Å². The Morgan fingerprint density at radius 3 is 2.22 bits per heavy atom. The fourth-order valence-electron chi connectivity index (χ4n) is 2.63. The summed E-state index contributed by atoms with van der Waals surface area (Å²) < 4.78 is 0. The van der Waals surface area contributed by atoms with Crippen molar-refractivity contribution in [2.75, 3.05) is 6.54 Å². The van der Waals surface area contributed by atoms with Gasteiger partial charge in [-0.1, -0.05) is 36.2 Å². The lowest BCUT2D eigenvalue weighted by molar-refractivity contribution is 0.242. The van der Waals surface area contributed by atoms with Gasteiger partial charge >= 0.3 is 0 Å². The molecule has 0 aromatic heterocycles. The molecule has 0 aliphatic heterocycles. The number of rotatable bonds is 4. The summed E-state index contributed by atoms with van der Waals surface area (Å²) >= 11 is 0. The molecule has 0 heterocycles. The van der Waals surface area contributed by atoms with Crippen LogP contribution in [0.2, 0.25) is 0 Å². The summed E-state index contributed by atoms with van der Waals surface area (Å²) in [5, 5.41) is 3.68. The van der Waals surface area contributed by atoms with Crippen molar-refractivity contribution >= 4 is 0 Å². The van der Waals surface area contributed by atoms with Crippen LogP contribution in [0.3, 0.4) is 0 Å². The first-order chi connectivity index (χ1) is 8.46. The maximum absolute atomic E-state index is 3.68. The molecule has 1 aromatic rings. The summed E-state index contributed by atoms with van der Waals surface area (Å²) in [7, 11) is 0. The summed E-state index contributed by atoms with van der Waals surface area (Å²) in [6.07, 6.45) is 4.23. The Bertz CT molecular complexity index is 368. The van der Waals surface area contributed by atoms with E-state index in [1.54, 1.807) is 0 Å². The lowest BCUT2D eigenvalue weighted by Crippen LogP contribution is -2.40. The molecule has 0 radical (unpaired) electrons. The quantitative estimate of drug-likeness (QED) is 0.835. The lowest BCUT2D eigenvalue weighted by atomic mass is 9.72. The first-order valence-electron chi connectivity index (χ1n) is 7.27. The second-order valence-electron chi connectivity index (χ2n) is 6.84. The van der Waals surface area contributed by atoms with Crippen molar-refractivity contribution in [3.8, 4) is 0 Å². The second-order valence-corrected chi connectivity index (χ2v) is 6.84. The normalized spacial score (nSPS) is 18.4. The molecule has 1 fully saturated rings. The second kappa shape index (κ2) is 5.44. The number of aryl methyl sites for hydroxylation is 1. The van der Waals surface area contributed by atoms with Gasteiger partial charge in [0.2, 0.25) is 0 Å². The zero-order valence-corrected chi connectivity index (χ0v) is 12.3. The predicted octanol–water partition coefficient (Wildman–Crippen LogP) is 4.27. The third-order valence-electron chi connectivity index (χ3n) is 4.08. The average molecular weight is 245 g/mol. The molecule has 1 heteroatoms. The summed E-state index contributed by atoms with van der Waals surface area (Å²) in [6.45, 7) is 10.0. The topological polar surface area (TPSA) is 12.0 Å². The van der Waals surface area contributed by atoms with Gasteiger partial charge in [0.25, 0.3) is 0 Å². The predicted molar refractivity (Wildman–Crippen MR) is 79.0 cm³/mol. The van der Waals surface area contributed by atoms with Crippen LogP contribution in [-0.2, 0) is 0 Å². The van der Waals surface area contributed by atoms with Gasteiger partial charge in [0.15, 0.2) is 0 Å². The van der Waals surface area contributed by atoms with E-state index >= 15 is 0 Å². The summed E-state index contributed by atoms with van der Waals surface area (Å²) in [5.74, 6) is 1.58. The molecule has 1 aliphatic rings. The van der Waals surface area contributed by atoms with Crippen LogP contribution in [0.1, 0.15) is 57.1 Å². The van der Waals surface area contributed by atoms with Crippen LogP contribution < -0.4 is 5.32 Å². The van der Waals surface area contributed by atoms with Gasteiger partial charge in [-0.3, -0.25) is 0 Å². The molecule has 0 saturated heterocycles. The highest BCUT2D eigenvalue weighted by atomic mass is 14.9. The van der Waals surface area contributed by atoms with Gasteiger partial charge in [-0.05, 0) is 57.9 Å². The van der Waals surface area contributed by atoms with E-state index in [0.29, 0.717) is 5.92 Å². The van der Waals surface area contributed by atoms with Gasteiger partial charge in [-0.25, -0.2) is 0 Å². The van der Waals surface area contributed by atoms with Crippen molar-refractivity contribution < 1.29 is 0 Å². The van der Waals surface area contributed by atoms with E-state index < -0.39 is 0 Å². The molecular weight excluding hydrogens is 218 g/mol. The van der Waals surface area contributed by atoms with Crippen molar-refractivity contribution in [2.24, 2.45) is 5.92 Å². The Morgan fingerprint density at radius 1 is 1.17 bits per heavy atom. The largest absolute Gasteiger partial charge is 0.311 e. The fourth-order valence-corrected chi connectivity index (χ4v) is 2.63. The summed E-state index contributed by atoms with van der Waals surface area (Å²) in [4.78, 5) is 0. The summed E-state index contributed by atoms with van der Waals surface area (Å²) in [5.41, 5.74) is 3.09. The smallest absolute Gasteiger partial charge is 0.00967 e. The molecule has 0 amide bonds. The van der Waals surface area contributed by atoms with Crippen molar-refractivity contribution in [2.45, 2.75) is 58.4 Å². The van der Waals surface area contributed by atoms with E-state index in [9.17, 15) is 0 Å². The molecule has 1 aromatic carbocycles. The van der Waals surface area contributed by atoms with Crippen molar-refractivity contribution in [1.29, 1.82) is 0 Å². The van der Waals surface area contributed by atoms with Crippen LogP contribution in [0.25, 0.3) is 0 Å². The molecule has 18 heavy (non-hydrogen) atoms. The Labute approximate surface area is 112 Å². The van der Waals surface area contributed by atoms with Gasteiger partial charge in [0.1, 0.15) is 0 Å². The minimum Gasteiger partial charge on any atom is -0.311 e. The van der Waals surface area contributed by atoms with E-state index in [1.165, 1.54) is 30.4 Å². The van der Waals surface area contributed by atoms with Gasteiger partial charge in [-0.2, -0.15) is 0 Å². The van der Waals surface area contributed by atoms with Crippen molar-refractivity contribution in [3.05, 3.63) is 35.4 Å².